The summed E-state index contributed by atoms with van der Waals surface area (Å²) in [6, 6.07) is 10.2. The van der Waals surface area contributed by atoms with E-state index in [9.17, 15) is 4.79 Å². The van der Waals surface area contributed by atoms with Gasteiger partial charge < -0.3 is 9.64 Å². The van der Waals surface area contributed by atoms with E-state index in [0.29, 0.717) is 6.61 Å². The van der Waals surface area contributed by atoms with Crippen LogP contribution in [0.1, 0.15) is 32.1 Å². The molecule has 1 fully saturated rings. The average Bonchev–Trinajstić information content (AvgIpc) is 2.48. The molecule has 5 heteroatoms. The average molecular weight is 344 g/mol. The molecule has 124 valence electrons. The number of benzene rings is 1. The Balaban J connectivity index is 0.00000242. The molecule has 0 amide bonds. The van der Waals surface area contributed by atoms with Crippen LogP contribution < -0.4 is 0 Å². The fraction of sp³-hybridized carbons (Fsp3) is 0.588. The van der Waals surface area contributed by atoms with Crippen LogP contribution in [0.15, 0.2) is 35.2 Å². The van der Waals surface area contributed by atoms with E-state index >= 15 is 0 Å². The minimum Gasteiger partial charge on any atom is -0.463 e. The van der Waals surface area contributed by atoms with Crippen molar-refractivity contribution in [3.8, 4) is 0 Å². The molecule has 2 rings (SSSR count). The number of rotatable bonds is 6. The van der Waals surface area contributed by atoms with E-state index in [4.69, 9.17) is 4.74 Å². The van der Waals surface area contributed by atoms with Gasteiger partial charge in [-0.25, -0.2) is 0 Å². The third kappa shape index (κ3) is 5.49. The number of ether oxygens (including phenoxy) is 1. The fourth-order valence-electron chi connectivity index (χ4n) is 2.64. The molecule has 0 atom stereocenters. The van der Waals surface area contributed by atoms with E-state index in [1.165, 1.54) is 6.42 Å². The Morgan fingerprint density at radius 1 is 1.18 bits per heavy atom. The van der Waals surface area contributed by atoms with Crippen LogP contribution in [0.2, 0.25) is 0 Å². The minimum atomic E-state index is -0.383. The first-order valence-electron chi connectivity index (χ1n) is 7.68. The Labute approximate surface area is 144 Å². The van der Waals surface area contributed by atoms with Crippen LogP contribution in [0, 0.1) is 0 Å². The molecule has 1 aliphatic carbocycles. The highest BCUT2D eigenvalue weighted by Crippen LogP contribution is 2.44. The standard InChI is InChI=1S/C17H25NO2S.ClH/c1-18(2)13-14-20-16(19)17(11-7-4-8-12-17)21-15-9-5-3-6-10-15;/h3,5-6,9-10H,4,7-8,11-14H2,1-2H3;1H. The molecule has 0 aliphatic heterocycles. The summed E-state index contributed by atoms with van der Waals surface area (Å²) < 4.78 is 5.18. The van der Waals surface area contributed by atoms with Crippen molar-refractivity contribution in [3.63, 3.8) is 0 Å². The molecule has 3 nitrogen and oxygen atoms in total. The van der Waals surface area contributed by atoms with Gasteiger partial charge >= 0.3 is 5.97 Å². The number of esters is 1. The third-order valence-electron chi connectivity index (χ3n) is 3.86. The highest BCUT2D eigenvalue weighted by Gasteiger charge is 2.42. The first-order chi connectivity index (χ1) is 10.1. The third-order valence-corrected chi connectivity index (χ3v) is 5.33. The largest absolute Gasteiger partial charge is 0.463 e. The van der Waals surface area contributed by atoms with E-state index in [-0.39, 0.29) is 23.1 Å². The molecular formula is C17H26ClNO2S. The van der Waals surface area contributed by atoms with Gasteiger partial charge in [-0.05, 0) is 39.1 Å². The van der Waals surface area contributed by atoms with E-state index in [0.717, 1.165) is 37.1 Å². The molecule has 0 bridgehead atoms. The van der Waals surface area contributed by atoms with Crippen molar-refractivity contribution >= 4 is 30.1 Å². The Hall–Kier alpha value is -0.710. The van der Waals surface area contributed by atoms with Crippen LogP contribution in [0.5, 0.6) is 0 Å². The first-order valence-corrected chi connectivity index (χ1v) is 8.50. The normalized spacial score (nSPS) is 16.9. The maximum absolute atomic E-state index is 12.6. The lowest BCUT2D eigenvalue weighted by Crippen LogP contribution is -2.39. The van der Waals surface area contributed by atoms with Gasteiger partial charge in [0.15, 0.2) is 0 Å². The van der Waals surface area contributed by atoms with Gasteiger partial charge in [0, 0.05) is 11.4 Å². The number of nitrogens with zero attached hydrogens (tertiary/aromatic N) is 1. The highest BCUT2D eigenvalue weighted by atomic mass is 35.5. The summed E-state index contributed by atoms with van der Waals surface area (Å²) in [7, 11) is 3.98. The summed E-state index contributed by atoms with van der Waals surface area (Å²) in [5.41, 5.74) is 0. The summed E-state index contributed by atoms with van der Waals surface area (Å²) >= 11 is 1.69. The van der Waals surface area contributed by atoms with Gasteiger partial charge in [-0.15, -0.1) is 24.2 Å². The van der Waals surface area contributed by atoms with Gasteiger partial charge in [-0.3, -0.25) is 4.79 Å². The molecule has 0 aromatic heterocycles. The van der Waals surface area contributed by atoms with Gasteiger partial charge in [0.2, 0.25) is 0 Å². The summed E-state index contributed by atoms with van der Waals surface area (Å²) in [6.45, 7) is 1.25. The van der Waals surface area contributed by atoms with E-state index < -0.39 is 0 Å². The Kier molecular flexibility index (Phi) is 8.29. The second kappa shape index (κ2) is 9.43. The molecule has 1 aliphatic rings. The number of carbonyl (C=O) groups excluding carboxylic acids is 1. The summed E-state index contributed by atoms with van der Waals surface area (Å²) in [6.07, 6.45) is 5.30. The van der Waals surface area contributed by atoms with Crippen molar-refractivity contribution < 1.29 is 9.53 Å². The summed E-state index contributed by atoms with van der Waals surface area (Å²) in [4.78, 5) is 15.8. The van der Waals surface area contributed by atoms with Crippen LogP contribution in [0.4, 0.5) is 0 Å². The molecule has 0 radical (unpaired) electrons. The summed E-state index contributed by atoms with van der Waals surface area (Å²) in [5.74, 6) is -0.0297. The van der Waals surface area contributed by atoms with Crippen LogP contribution in [0.3, 0.4) is 0 Å². The van der Waals surface area contributed by atoms with Crippen molar-refractivity contribution in [2.24, 2.45) is 0 Å². The Bertz CT molecular complexity index is 447. The summed E-state index contributed by atoms with van der Waals surface area (Å²) in [5, 5.41) is 0. The number of hydrogen-bond donors (Lipinski definition) is 0. The lowest BCUT2D eigenvalue weighted by molar-refractivity contribution is -0.147. The van der Waals surface area contributed by atoms with Gasteiger partial charge in [-0.2, -0.15) is 0 Å². The van der Waals surface area contributed by atoms with Crippen molar-refractivity contribution in [2.75, 3.05) is 27.2 Å². The molecule has 22 heavy (non-hydrogen) atoms. The second-order valence-corrected chi connectivity index (χ2v) is 7.37. The smallest absolute Gasteiger partial charge is 0.322 e. The van der Waals surface area contributed by atoms with Gasteiger partial charge in [0.25, 0.3) is 0 Å². The van der Waals surface area contributed by atoms with Crippen molar-refractivity contribution in [2.45, 2.75) is 41.7 Å². The lowest BCUT2D eigenvalue weighted by atomic mass is 9.88. The molecule has 1 aromatic rings. The first kappa shape index (κ1) is 19.3. The van der Waals surface area contributed by atoms with Crippen molar-refractivity contribution in [1.82, 2.24) is 4.90 Å². The number of carbonyl (C=O) groups is 1. The Morgan fingerprint density at radius 3 is 2.41 bits per heavy atom. The molecule has 0 saturated heterocycles. The van der Waals surface area contributed by atoms with E-state index in [1.54, 1.807) is 11.8 Å². The van der Waals surface area contributed by atoms with E-state index in [2.05, 4.69) is 12.1 Å². The van der Waals surface area contributed by atoms with Crippen molar-refractivity contribution in [1.29, 1.82) is 0 Å². The minimum absolute atomic E-state index is 0. The molecule has 0 unspecified atom stereocenters. The fourth-order valence-corrected chi connectivity index (χ4v) is 4.02. The molecule has 1 aromatic carbocycles. The van der Waals surface area contributed by atoms with Gasteiger partial charge in [0.1, 0.15) is 11.4 Å². The monoisotopic (exact) mass is 343 g/mol. The predicted octanol–water partition coefficient (Wildman–Crippen LogP) is 4.01. The number of halogens is 1. The highest BCUT2D eigenvalue weighted by molar-refractivity contribution is 8.01. The molecule has 1 saturated carbocycles. The zero-order chi connectivity index (χ0) is 15.1. The number of hydrogen-bond acceptors (Lipinski definition) is 4. The Morgan fingerprint density at radius 2 is 1.82 bits per heavy atom. The number of likely N-dealkylation sites (N-methyl/N-ethyl adjacent to an activating group) is 1. The van der Waals surface area contributed by atoms with Crippen LogP contribution in [-0.4, -0.2) is 42.9 Å². The second-order valence-electron chi connectivity index (χ2n) is 5.91. The number of thioether (sulfide) groups is 1. The van der Waals surface area contributed by atoms with Crippen LogP contribution in [0.25, 0.3) is 0 Å². The topological polar surface area (TPSA) is 29.5 Å². The van der Waals surface area contributed by atoms with E-state index in [1.807, 2.05) is 37.2 Å². The van der Waals surface area contributed by atoms with Gasteiger partial charge in [0.05, 0.1) is 0 Å². The zero-order valence-electron chi connectivity index (χ0n) is 13.4. The molecule has 0 N–H and O–H groups in total. The lowest BCUT2D eigenvalue weighted by Gasteiger charge is -2.34. The van der Waals surface area contributed by atoms with Gasteiger partial charge in [-0.1, -0.05) is 37.5 Å². The quantitative estimate of drug-likeness (QED) is 0.730. The van der Waals surface area contributed by atoms with Crippen molar-refractivity contribution in [3.05, 3.63) is 30.3 Å². The van der Waals surface area contributed by atoms with Crippen LogP contribution in [-0.2, 0) is 9.53 Å². The molecule has 0 spiro atoms. The zero-order valence-corrected chi connectivity index (χ0v) is 15.0. The molecular weight excluding hydrogens is 318 g/mol. The predicted molar refractivity (Wildman–Crippen MR) is 94.9 cm³/mol. The molecule has 0 heterocycles. The SMILES string of the molecule is CN(C)CCOC(=O)C1(Sc2ccccc2)CCCCC1.Cl. The van der Waals surface area contributed by atoms with Crippen LogP contribution >= 0.6 is 24.2 Å². The maximum atomic E-state index is 12.6. The maximum Gasteiger partial charge on any atom is 0.322 e.